The predicted molar refractivity (Wildman–Crippen MR) is 143 cm³/mol. The number of nitrogens with zero attached hydrogens (tertiary/aromatic N) is 3. The zero-order valence-electron chi connectivity index (χ0n) is 20.0. The Bertz CT molecular complexity index is 1760. The number of pyridine rings is 1. The average molecular weight is 528 g/mol. The molecule has 0 aliphatic rings. The van der Waals surface area contributed by atoms with Crippen LogP contribution in [0.1, 0.15) is 10.4 Å². The van der Waals surface area contributed by atoms with Crippen molar-refractivity contribution >= 4 is 44.2 Å². The van der Waals surface area contributed by atoms with E-state index in [1.165, 1.54) is 37.6 Å². The summed E-state index contributed by atoms with van der Waals surface area (Å²) in [4.78, 5) is 24.8. The Labute approximate surface area is 218 Å². The number of carboxylic acids is 1. The molecule has 0 saturated carbocycles. The first-order valence-electron chi connectivity index (χ1n) is 11.3. The average Bonchev–Trinajstić information content (AvgIpc) is 2.93. The number of anilines is 3. The van der Waals surface area contributed by atoms with Gasteiger partial charge in [0.2, 0.25) is 0 Å². The molecule has 0 fully saturated rings. The molecule has 38 heavy (non-hydrogen) atoms. The summed E-state index contributed by atoms with van der Waals surface area (Å²) in [5, 5.41) is 12.4. The molecule has 0 unspecified atom stereocenters. The van der Waals surface area contributed by atoms with Gasteiger partial charge in [-0.2, -0.15) is 0 Å². The van der Waals surface area contributed by atoms with Crippen LogP contribution in [0.25, 0.3) is 22.2 Å². The van der Waals surface area contributed by atoms with Crippen LogP contribution >= 0.6 is 0 Å². The van der Waals surface area contributed by atoms with Gasteiger partial charge in [-0.1, -0.05) is 24.3 Å². The van der Waals surface area contributed by atoms with Gasteiger partial charge in [-0.25, -0.2) is 18.2 Å². The zero-order valence-corrected chi connectivity index (χ0v) is 20.8. The van der Waals surface area contributed by atoms with Crippen LogP contribution < -0.4 is 14.8 Å². The number of rotatable bonds is 8. The van der Waals surface area contributed by atoms with E-state index in [0.717, 1.165) is 5.56 Å². The number of benzene rings is 3. The lowest BCUT2D eigenvalue weighted by molar-refractivity contribution is 0.0696. The maximum atomic E-state index is 12.7. The summed E-state index contributed by atoms with van der Waals surface area (Å²) in [5.74, 6) is -0.288. The van der Waals surface area contributed by atoms with Gasteiger partial charge in [-0.15, -0.1) is 0 Å². The van der Waals surface area contributed by atoms with Crippen LogP contribution in [0.4, 0.5) is 17.2 Å². The second-order valence-electron chi connectivity index (χ2n) is 8.22. The van der Waals surface area contributed by atoms with Gasteiger partial charge in [0.1, 0.15) is 11.6 Å². The molecule has 3 N–H and O–H groups in total. The second-order valence-corrected chi connectivity index (χ2v) is 9.90. The first-order chi connectivity index (χ1) is 18.3. The van der Waals surface area contributed by atoms with Gasteiger partial charge in [0.25, 0.3) is 10.0 Å². The van der Waals surface area contributed by atoms with Crippen LogP contribution in [0.3, 0.4) is 0 Å². The minimum atomic E-state index is -3.76. The number of nitrogens with one attached hydrogen (secondary N) is 2. The van der Waals surface area contributed by atoms with Gasteiger partial charge in [0.05, 0.1) is 46.7 Å². The molecule has 3 aromatic carbocycles. The van der Waals surface area contributed by atoms with Crippen molar-refractivity contribution in [2.45, 2.75) is 4.90 Å². The smallest absolute Gasteiger partial charge is 0.335 e. The molecule has 0 amide bonds. The van der Waals surface area contributed by atoms with Gasteiger partial charge >= 0.3 is 5.97 Å². The Kier molecular flexibility index (Phi) is 6.58. The van der Waals surface area contributed by atoms with Gasteiger partial charge in [0, 0.05) is 23.5 Å². The summed E-state index contributed by atoms with van der Waals surface area (Å²) in [6.07, 6.45) is 4.61. The van der Waals surface area contributed by atoms with E-state index in [0.29, 0.717) is 39.5 Å². The van der Waals surface area contributed by atoms with E-state index in [9.17, 15) is 18.3 Å². The lowest BCUT2D eigenvalue weighted by Gasteiger charge is -2.11. The third-order valence-corrected chi connectivity index (χ3v) is 6.98. The van der Waals surface area contributed by atoms with E-state index in [1.807, 2.05) is 12.1 Å². The van der Waals surface area contributed by atoms with Crippen LogP contribution in [-0.2, 0) is 10.0 Å². The topological polar surface area (TPSA) is 143 Å². The van der Waals surface area contributed by atoms with Crippen molar-refractivity contribution in [3.05, 3.63) is 97.0 Å². The SMILES string of the molecule is COc1cc(Nc2cnc3ccc(-c4cncc(NS(=O)(=O)c5ccccc5)c4)cc3n2)cc(C(=O)O)c1. The fraction of sp³-hybridized carbons (Fsp3) is 0.0370. The third-order valence-electron chi connectivity index (χ3n) is 5.58. The molecule has 0 aliphatic carbocycles. The Morgan fingerprint density at radius 3 is 2.45 bits per heavy atom. The van der Waals surface area contributed by atoms with Crippen LogP contribution in [0.15, 0.2) is 96.3 Å². The summed E-state index contributed by atoms with van der Waals surface area (Å²) in [6.45, 7) is 0. The minimum Gasteiger partial charge on any atom is -0.497 e. The van der Waals surface area contributed by atoms with Crippen LogP contribution in [-0.4, -0.2) is 41.6 Å². The van der Waals surface area contributed by atoms with E-state index in [2.05, 4.69) is 25.0 Å². The molecule has 2 aromatic heterocycles. The maximum Gasteiger partial charge on any atom is 0.335 e. The first-order valence-corrected chi connectivity index (χ1v) is 12.8. The first kappa shape index (κ1) is 24.7. The number of aromatic carboxylic acids is 1. The van der Waals surface area contributed by atoms with Gasteiger partial charge < -0.3 is 15.2 Å². The fourth-order valence-corrected chi connectivity index (χ4v) is 4.83. The van der Waals surface area contributed by atoms with Crippen LogP contribution in [0, 0.1) is 0 Å². The highest BCUT2D eigenvalue weighted by atomic mass is 32.2. The minimum absolute atomic E-state index is 0.0677. The number of fused-ring (bicyclic) bond motifs is 1. The van der Waals surface area contributed by atoms with Crippen molar-refractivity contribution < 1.29 is 23.1 Å². The Morgan fingerprint density at radius 2 is 1.68 bits per heavy atom. The molecular weight excluding hydrogens is 506 g/mol. The molecule has 0 aliphatic heterocycles. The van der Waals surface area contributed by atoms with E-state index < -0.39 is 16.0 Å². The Hall–Kier alpha value is -5.03. The number of methoxy groups -OCH3 is 1. The molecule has 0 saturated heterocycles. The molecule has 10 nitrogen and oxygen atoms in total. The highest BCUT2D eigenvalue weighted by Gasteiger charge is 2.14. The third kappa shape index (κ3) is 5.37. The van der Waals surface area contributed by atoms with Crippen molar-refractivity contribution in [3.63, 3.8) is 0 Å². The van der Waals surface area contributed by atoms with Crippen molar-refractivity contribution in [2.24, 2.45) is 0 Å². The molecule has 5 rings (SSSR count). The monoisotopic (exact) mass is 527 g/mol. The highest BCUT2D eigenvalue weighted by molar-refractivity contribution is 7.92. The van der Waals surface area contributed by atoms with Gasteiger partial charge in [-0.3, -0.25) is 14.7 Å². The van der Waals surface area contributed by atoms with E-state index in [1.54, 1.807) is 48.8 Å². The summed E-state index contributed by atoms with van der Waals surface area (Å²) in [6, 6.07) is 19.8. The number of ether oxygens (including phenoxy) is 1. The number of carbonyl (C=O) groups is 1. The Morgan fingerprint density at radius 1 is 0.868 bits per heavy atom. The van der Waals surface area contributed by atoms with Gasteiger partial charge in [-0.05, 0) is 48.0 Å². The van der Waals surface area contributed by atoms with E-state index in [4.69, 9.17) is 4.74 Å². The van der Waals surface area contributed by atoms with E-state index >= 15 is 0 Å². The number of hydrogen-bond donors (Lipinski definition) is 3. The van der Waals surface area contributed by atoms with E-state index in [-0.39, 0.29) is 10.5 Å². The predicted octanol–water partition coefficient (Wildman–Crippen LogP) is 4.94. The quantitative estimate of drug-likeness (QED) is 0.255. The normalized spacial score (nSPS) is 11.2. The lowest BCUT2D eigenvalue weighted by Crippen LogP contribution is -2.12. The largest absolute Gasteiger partial charge is 0.497 e. The number of carboxylic acid groups (broad SMARTS) is 1. The Balaban J connectivity index is 1.43. The van der Waals surface area contributed by atoms with Crippen LogP contribution in [0.5, 0.6) is 5.75 Å². The summed E-state index contributed by atoms with van der Waals surface area (Å²) < 4.78 is 33.2. The van der Waals surface area contributed by atoms with Crippen molar-refractivity contribution in [1.82, 2.24) is 15.0 Å². The van der Waals surface area contributed by atoms with Crippen LogP contribution in [0.2, 0.25) is 0 Å². The summed E-state index contributed by atoms with van der Waals surface area (Å²) in [5.41, 5.74) is 3.52. The molecule has 0 radical (unpaired) electrons. The molecule has 0 atom stereocenters. The summed E-state index contributed by atoms with van der Waals surface area (Å²) >= 11 is 0. The standard InChI is InChI=1S/C27H21N5O5S/c1-37-22-11-18(27(33)34)9-20(13-22)30-26-16-29-24-8-7-17(12-25(24)31-26)19-10-21(15-28-14-19)32-38(35,36)23-5-3-2-4-6-23/h2-16,32H,1H3,(H,30,31)(H,33,34). The number of hydrogen-bond acceptors (Lipinski definition) is 8. The molecule has 0 bridgehead atoms. The fourth-order valence-electron chi connectivity index (χ4n) is 3.78. The highest BCUT2D eigenvalue weighted by Crippen LogP contribution is 2.27. The number of sulfonamides is 1. The number of aromatic nitrogens is 3. The lowest BCUT2D eigenvalue weighted by atomic mass is 10.1. The van der Waals surface area contributed by atoms with Gasteiger partial charge in [0.15, 0.2) is 0 Å². The second kappa shape index (κ2) is 10.1. The zero-order chi connectivity index (χ0) is 26.7. The molecule has 0 spiro atoms. The molecule has 190 valence electrons. The molecular formula is C27H21N5O5S. The molecule has 2 heterocycles. The van der Waals surface area contributed by atoms with Crippen molar-refractivity contribution in [2.75, 3.05) is 17.1 Å². The van der Waals surface area contributed by atoms with Crippen molar-refractivity contribution in [3.8, 4) is 16.9 Å². The maximum absolute atomic E-state index is 12.7. The summed E-state index contributed by atoms with van der Waals surface area (Å²) in [7, 11) is -2.31. The molecule has 5 aromatic rings. The molecule has 11 heteroatoms. The van der Waals surface area contributed by atoms with Crippen molar-refractivity contribution in [1.29, 1.82) is 0 Å².